The Labute approximate surface area is 154 Å². The van der Waals surface area contributed by atoms with Gasteiger partial charge < -0.3 is 37.9 Å². The molecular weight excluding hydrogens is 509 g/mol. The summed E-state index contributed by atoms with van der Waals surface area (Å²) in [6.45, 7) is 0. The molecule has 0 nitrogen and oxygen atoms in total. The Morgan fingerprint density at radius 3 is 0.750 bits per heavy atom. The smallest absolute Gasteiger partial charge is 0.793 e. The van der Waals surface area contributed by atoms with Gasteiger partial charge in [0.05, 0.1) is 0 Å². The van der Waals surface area contributed by atoms with Crippen LogP contribution >= 0.6 is 37.9 Å². The van der Waals surface area contributed by atoms with Crippen LogP contribution in [0, 0.1) is 0 Å². The fourth-order valence-electron chi connectivity index (χ4n) is 0.194. The first-order valence-electron chi connectivity index (χ1n) is 4.81. The van der Waals surface area contributed by atoms with Crippen molar-refractivity contribution in [3.63, 3.8) is 0 Å². The predicted octanol–water partition coefficient (Wildman–Crippen LogP) is 2.18. The van der Waals surface area contributed by atoms with Gasteiger partial charge in [-0.2, -0.15) is 55.1 Å². The maximum Gasteiger partial charge on any atom is 3.00 e. The topological polar surface area (TPSA) is 0 Å². The van der Waals surface area contributed by atoms with Crippen LogP contribution in [0.5, 0.6) is 0 Å². The number of hydrogen-bond donors (Lipinski definition) is 3. The molecule has 0 aromatic carbocycles. The molecule has 0 fully saturated rings. The third-order valence-corrected chi connectivity index (χ3v) is 2.72. The Morgan fingerprint density at radius 1 is 0.562 bits per heavy atom. The Kier molecular flexibility index (Phi) is 61.7. The van der Waals surface area contributed by atoms with Crippen LogP contribution in [0.3, 0.4) is 0 Å². The van der Waals surface area contributed by atoms with Crippen molar-refractivity contribution in [2.45, 2.75) is 19.3 Å². The van der Waals surface area contributed by atoms with Crippen LogP contribution < -0.4 is 0 Å². The van der Waals surface area contributed by atoms with Gasteiger partial charge in [0.2, 0.25) is 0 Å². The Balaban J connectivity index is -0.0000000655. The van der Waals surface area contributed by atoms with Gasteiger partial charge in [-0.15, -0.1) is 0 Å². The molecule has 0 bridgehead atoms. The Bertz CT molecular complexity index is 56.8. The first-order chi connectivity index (χ1) is 7.24. The van der Waals surface area contributed by atoms with Crippen LogP contribution in [-0.2, 0) is 37.9 Å². The van der Waals surface area contributed by atoms with Gasteiger partial charge >= 0.3 is 26.2 Å². The zero-order chi connectivity index (χ0) is 12.4. The van der Waals surface area contributed by atoms with Crippen molar-refractivity contribution in [1.82, 2.24) is 0 Å². The normalized spacial score (nSPS) is 7.88. The van der Waals surface area contributed by atoms with Crippen LogP contribution in [0.2, 0.25) is 0 Å². The van der Waals surface area contributed by atoms with Crippen molar-refractivity contribution in [1.29, 1.82) is 0 Å². The van der Waals surface area contributed by atoms with Gasteiger partial charge in [-0.25, -0.2) is 0 Å². The quantitative estimate of drug-likeness (QED) is 0.274. The minimum Gasteiger partial charge on any atom is -0.793 e. The van der Waals surface area contributed by atoms with E-state index in [1.807, 2.05) is 0 Å². The molecule has 0 aliphatic carbocycles. The molecule has 16 heavy (non-hydrogen) atoms. The fourth-order valence-corrected chi connectivity index (χ4v) is 1.74. The van der Waals surface area contributed by atoms with E-state index in [1.54, 1.807) is 0 Å². The second kappa shape index (κ2) is 36.1. The van der Waals surface area contributed by atoms with Gasteiger partial charge in [0.1, 0.15) is 0 Å². The third-order valence-electron chi connectivity index (χ3n) is 0.907. The van der Waals surface area contributed by atoms with Gasteiger partial charge in [0, 0.05) is 0 Å². The van der Waals surface area contributed by atoms with E-state index < -0.39 is 0 Å². The maximum atomic E-state index is 4.60. The average Bonchev–Trinajstić information content (AvgIpc) is 2.23. The average molecular weight is 531 g/mol. The molecule has 7 heteroatoms. The molecule has 0 aromatic rings. The van der Waals surface area contributed by atoms with Crippen molar-refractivity contribution < 1.29 is 0 Å². The van der Waals surface area contributed by atoms with Gasteiger partial charge in [-0.05, 0) is 17.3 Å². The van der Waals surface area contributed by atoms with Crippen molar-refractivity contribution in [2.24, 2.45) is 0 Å². The van der Waals surface area contributed by atoms with Crippen molar-refractivity contribution in [3.05, 3.63) is 0 Å². The van der Waals surface area contributed by atoms with Crippen molar-refractivity contribution in [2.75, 3.05) is 34.5 Å². The van der Waals surface area contributed by atoms with Gasteiger partial charge in [-0.1, -0.05) is 19.3 Å². The molecule has 0 saturated heterocycles. The van der Waals surface area contributed by atoms with Crippen LogP contribution in [0.4, 0.5) is 0 Å². The Hall–Kier alpha value is 2.98. The first-order valence-corrected chi connectivity index (χ1v) is 8.44. The summed E-state index contributed by atoms with van der Waals surface area (Å²) in [5, 5.41) is 0. The third kappa shape index (κ3) is 53.8. The molecule has 0 aliphatic rings. The molecule has 0 spiro atoms. The molecular formula is C9H21BiS6. The Morgan fingerprint density at radius 2 is 0.750 bits per heavy atom. The van der Waals surface area contributed by atoms with Crippen molar-refractivity contribution >= 4 is 102 Å². The van der Waals surface area contributed by atoms with E-state index in [0.29, 0.717) is 0 Å². The molecule has 0 amide bonds. The number of rotatable bonds is 6. The molecule has 0 atom stereocenters. The minimum atomic E-state index is 0. The summed E-state index contributed by atoms with van der Waals surface area (Å²) in [5.41, 5.74) is 0. The monoisotopic (exact) mass is 530 g/mol. The molecule has 0 aromatic heterocycles. The summed E-state index contributed by atoms with van der Waals surface area (Å²) < 4.78 is 0. The van der Waals surface area contributed by atoms with Gasteiger partial charge in [-0.3, -0.25) is 0 Å². The standard InChI is InChI=1S/3C3H8S2.Bi/c3*4-2-1-3-5;/h3*4-5H,1-3H2;/q;;;+3/p-3. The van der Waals surface area contributed by atoms with Crippen LogP contribution in [-0.4, -0.2) is 60.7 Å². The van der Waals surface area contributed by atoms with Gasteiger partial charge in [0.15, 0.2) is 0 Å². The second-order valence-electron chi connectivity index (χ2n) is 2.34. The van der Waals surface area contributed by atoms with E-state index in [1.165, 1.54) is 0 Å². The zero-order valence-electron chi connectivity index (χ0n) is 9.38. The summed E-state index contributed by atoms with van der Waals surface area (Å²) in [6, 6.07) is 0. The summed E-state index contributed by atoms with van der Waals surface area (Å²) in [7, 11) is 0. The summed E-state index contributed by atoms with van der Waals surface area (Å²) >= 11 is 25.6. The zero-order valence-corrected chi connectivity index (χ0v) is 18.0. The molecule has 0 N–H and O–H groups in total. The van der Waals surface area contributed by atoms with E-state index in [-0.39, 0.29) is 26.2 Å². The molecule has 0 rings (SSSR count). The van der Waals surface area contributed by atoms with Gasteiger partial charge in [0.25, 0.3) is 0 Å². The molecule has 0 saturated carbocycles. The fraction of sp³-hybridized carbons (Fsp3) is 1.00. The number of hydrogen-bond acceptors (Lipinski definition) is 6. The number of thiol groups is 3. The molecule has 0 heterocycles. The minimum absolute atomic E-state index is 0. The first kappa shape index (κ1) is 27.3. The largest absolute Gasteiger partial charge is 3.00 e. The van der Waals surface area contributed by atoms with E-state index in [0.717, 1.165) is 53.8 Å². The summed E-state index contributed by atoms with van der Waals surface area (Å²) in [6.07, 6.45) is 3.20. The predicted molar refractivity (Wildman–Crippen MR) is 97.9 cm³/mol. The van der Waals surface area contributed by atoms with Crippen LogP contribution in [0.25, 0.3) is 0 Å². The van der Waals surface area contributed by atoms with E-state index in [9.17, 15) is 0 Å². The van der Waals surface area contributed by atoms with E-state index in [2.05, 4.69) is 75.8 Å². The molecule has 0 aliphatic heterocycles. The van der Waals surface area contributed by atoms with Crippen LogP contribution in [0.1, 0.15) is 19.3 Å². The molecule has 2 radical (unpaired) electrons. The second-order valence-corrected chi connectivity index (χ2v) is 4.91. The molecule has 98 valence electrons. The van der Waals surface area contributed by atoms with Crippen LogP contribution in [0.15, 0.2) is 0 Å². The maximum absolute atomic E-state index is 4.60. The molecule has 0 unspecified atom stereocenters. The SMILES string of the molecule is [Bi+3].[S-]CCCS.[S-]CCCS.[S-]CCCS. The summed E-state index contributed by atoms with van der Waals surface area (Å²) in [4.78, 5) is 0. The van der Waals surface area contributed by atoms with E-state index in [4.69, 9.17) is 0 Å². The van der Waals surface area contributed by atoms with Crippen molar-refractivity contribution in [3.8, 4) is 0 Å². The summed E-state index contributed by atoms with van der Waals surface area (Å²) in [5.74, 6) is 5.35. The van der Waals surface area contributed by atoms with E-state index >= 15 is 0 Å².